The van der Waals surface area contributed by atoms with E-state index in [2.05, 4.69) is 37.6 Å². The lowest BCUT2D eigenvalue weighted by Crippen LogP contribution is -2.30. The molecule has 0 fully saturated rings. The van der Waals surface area contributed by atoms with Crippen LogP contribution < -0.4 is 10.6 Å². The van der Waals surface area contributed by atoms with Crippen molar-refractivity contribution >= 4 is 12.2 Å². The molecule has 0 spiro atoms. The third kappa shape index (κ3) is 1.31. The highest BCUT2D eigenvalue weighted by molar-refractivity contribution is 5.42. The van der Waals surface area contributed by atoms with Gasteiger partial charge in [-0.05, 0) is 37.0 Å². The lowest BCUT2D eigenvalue weighted by Gasteiger charge is -1.99. The van der Waals surface area contributed by atoms with Crippen molar-refractivity contribution in [1.29, 1.82) is 0 Å². The Labute approximate surface area is 85.7 Å². The van der Waals surface area contributed by atoms with E-state index in [0.717, 1.165) is 0 Å². The van der Waals surface area contributed by atoms with E-state index in [9.17, 15) is 0 Å². The Hall–Kier alpha value is -0.980. The van der Waals surface area contributed by atoms with E-state index in [1.807, 2.05) is 0 Å². The van der Waals surface area contributed by atoms with Crippen LogP contribution in [0.25, 0.3) is 12.2 Å². The highest BCUT2D eigenvalue weighted by atomic mass is 14.9. The summed E-state index contributed by atoms with van der Waals surface area (Å²) in [6, 6.07) is 0. The number of aromatic nitrogens is 1. The highest BCUT2D eigenvalue weighted by Crippen LogP contribution is 2.06. The van der Waals surface area contributed by atoms with Gasteiger partial charge < -0.3 is 4.57 Å². The topological polar surface area (TPSA) is 4.93 Å². The predicted molar refractivity (Wildman–Crippen MR) is 61.6 cm³/mol. The fourth-order valence-electron chi connectivity index (χ4n) is 2.40. The zero-order valence-electron chi connectivity index (χ0n) is 9.43. The first-order valence-corrected chi connectivity index (χ1v) is 5.60. The Balaban J connectivity index is 2.73. The molecule has 0 radical (unpaired) electrons. The van der Waals surface area contributed by atoms with Crippen LogP contribution >= 0.6 is 0 Å². The summed E-state index contributed by atoms with van der Waals surface area (Å²) in [4.78, 5) is 0. The van der Waals surface area contributed by atoms with Crippen molar-refractivity contribution in [3.05, 3.63) is 21.8 Å². The summed E-state index contributed by atoms with van der Waals surface area (Å²) in [6.45, 7) is 4.50. The minimum atomic E-state index is 1.20. The van der Waals surface area contributed by atoms with Crippen molar-refractivity contribution in [1.82, 2.24) is 4.57 Å². The van der Waals surface area contributed by atoms with Crippen molar-refractivity contribution in [3.63, 3.8) is 0 Å². The van der Waals surface area contributed by atoms with Crippen LogP contribution in [0.5, 0.6) is 0 Å². The van der Waals surface area contributed by atoms with E-state index in [0.29, 0.717) is 0 Å². The molecule has 2 rings (SSSR count). The first-order chi connectivity index (χ1) is 6.75. The van der Waals surface area contributed by atoms with Gasteiger partial charge in [0.25, 0.3) is 0 Å². The molecule has 1 aromatic heterocycles. The molecular formula is C13H19N. The summed E-state index contributed by atoms with van der Waals surface area (Å²) in [6.07, 6.45) is 9.67. The predicted octanol–water partition coefficient (Wildman–Crippen LogP) is 1.64. The molecule has 1 nitrogen and oxygen atoms in total. The minimum absolute atomic E-state index is 1.20. The van der Waals surface area contributed by atoms with Gasteiger partial charge in [0.1, 0.15) is 0 Å². The van der Waals surface area contributed by atoms with Crippen molar-refractivity contribution in [2.24, 2.45) is 7.05 Å². The maximum atomic E-state index is 2.41. The molecule has 1 aliphatic carbocycles. The Morgan fingerprint density at radius 3 is 2.71 bits per heavy atom. The molecule has 0 saturated carbocycles. The van der Waals surface area contributed by atoms with Crippen molar-refractivity contribution in [2.45, 2.75) is 39.5 Å². The molecule has 1 heterocycles. The number of hydrogen-bond acceptors (Lipinski definition) is 0. The summed E-state index contributed by atoms with van der Waals surface area (Å²) in [5.41, 5.74) is 3.02. The van der Waals surface area contributed by atoms with Gasteiger partial charge in [-0.1, -0.05) is 25.5 Å². The maximum Gasteiger partial charge on any atom is 0.0439 e. The van der Waals surface area contributed by atoms with E-state index in [1.54, 1.807) is 5.56 Å². The quantitative estimate of drug-likeness (QED) is 0.666. The molecule has 0 aromatic carbocycles. The Kier molecular flexibility index (Phi) is 2.49. The summed E-state index contributed by atoms with van der Waals surface area (Å²) in [5, 5.41) is 2.95. The van der Waals surface area contributed by atoms with Crippen molar-refractivity contribution in [2.75, 3.05) is 0 Å². The zero-order chi connectivity index (χ0) is 10.1. The molecule has 14 heavy (non-hydrogen) atoms. The zero-order valence-corrected chi connectivity index (χ0v) is 9.43. The molecule has 0 bridgehead atoms. The van der Waals surface area contributed by atoms with Gasteiger partial charge in [0.2, 0.25) is 0 Å². The molecule has 0 saturated heterocycles. The van der Waals surface area contributed by atoms with Crippen LogP contribution in [0.1, 0.15) is 37.4 Å². The van der Waals surface area contributed by atoms with Gasteiger partial charge in [0, 0.05) is 18.1 Å². The van der Waals surface area contributed by atoms with Gasteiger partial charge in [-0.25, -0.2) is 0 Å². The van der Waals surface area contributed by atoms with Gasteiger partial charge in [0.05, 0.1) is 0 Å². The monoisotopic (exact) mass is 189 g/mol. The molecule has 76 valence electrons. The Bertz CT molecular complexity index is 449. The fourth-order valence-corrected chi connectivity index (χ4v) is 2.40. The van der Waals surface area contributed by atoms with Crippen LogP contribution in [0.4, 0.5) is 0 Å². The molecule has 0 atom stereocenters. The molecule has 0 unspecified atom stereocenters. The highest BCUT2D eigenvalue weighted by Gasteiger charge is 2.08. The van der Waals surface area contributed by atoms with Crippen LogP contribution in [-0.4, -0.2) is 4.57 Å². The smallest absolute Gasteiger partial charge is 0.0439 e. The number of fused-ring (bicyclic) bond motifs is 1. The normalized spacial score (nSPS) is 14.5. The Morgan fingerprint density at radius 1 is 1.29 bits per heavy atom. The van der Waals surface area contributed by atoms with E-state index in [1.165, 1.54) is 41.9 Å². The van der Waals surface area contributed by atoms with Crippen LogP contribution in [0, 0.1) is 6.92 Å². The lowest BCUT2D eigenvalue weighted by atomic mass is 10.1. The average molecular weight is 189 g/mol. The average Bonchev–Trinajstić information content (AvgIpc) is 2.45. The van der Waals surface area contributed by atoms with Gasteiger partial charge in [-0.2, -0.15) is 0 Å². The number of nitrogens with zero attached hydrogens (tertiary/aromatic N) is 1. The van der Waals surface area contributed by atoms with E-state index >= 15 is 0 Å². The van der Waals surface area contributed by atoms with E-state index in [4.69, 9.17) is 0 Å². The minimum Gasteiger partial charge on any atom is -0.348 e. The third-order valence-corrected chi connectivity index (χ3v) is 3.26. The summed E-state index contributed by atoms with van der Waals surface area (Å²) in [7, 11) is 2.18. The third-order valence-electron chi connectivity index (χ3n) is 3.26. The summed E-state index contributed by atoms with van der Waals surface area (Å²) in [5.74, 6) is 0. The van der Waals surface area contributed by atoms with E-state index < -0.39 is 0 Å². The van der Waals surface area contributed by atoms with Crippen molar-refractivity contribution < 1.29 is 0 Å². The molecule has 1 aliphatic rings. The Morgan fingerprint density at radius 2 is 2.00 bits per heavy atom. The fraction of sp³-hybridized carbons (Fsp3) is 0.538. The molecular weight excluding hydrogens is 170 g/mol. The number of rotatable bonds is 2. The second-order valence-corrected chi connectivity index (χ2v) is 4.16. The first-order valence-electron chi connectivity index (χ1n) is 5.60. The molecule has 1 aromatic rings. The van der Waals surface area contributed by atoms with Crippen molar-refractivity contribution in [3.8, 4) is 0 Å². The lowest BCUT2D eigenvalue weighted by molar-refractivity contribution is 0.826. The second kappa shape index (κ2) is 3.64. The van der Waals surface area contributed by atoms with Gasteiger partial charge in [0.15, 0.2) is 0 Å². The second-order valence-electron chi connectivity index (χ2n) is 4.16. The maximum absolute atomic E-state index is 2.41. The van der Waals surface area contributed by atoms with Crippen LogP contribution in [0.2, 0.25) is 0 Å². The molecule has 0 N–H and O–H groups in total. The summed E-state index contributed by atoms with van der Waals surface area (Å²) < 4.78 is 2.34. The van der Waals surface area contributed by atoms with E-state index in [-0.39, 0.29) is 0 Å². The van der Waals surface area contributed by atoms with Gasteiger partial charge in [-0.15, -0.1) is 0 Å². The molecule has 1 heteroatoms. The van der Waals surface area contributed by atoms with Crippen LogP contribution in [0.3, 0.4) is 0 Å². The first kappa shape index (κ1) is 9.57. The van der Waals surface area contributed by atoms with Gasteiger partial charge >= 0.3 is 0 Å². The largest absolute Gasteiger partial charge is 0.348 e. The standard InChI is InChI=1S/C13H19N/c1-4-7-11-10(2)14(3)13-9-6-5-8-12(11)13/h8-9H,4-7H2,1-3H3. The SMILES string of the molecule is CCCc1c(C)n(C)c2c1=CCCC=2. The van der Waals surface area contributed by atoms with Gasteiger partial charge in [-0.3, -0.25) is 0 Å². The van der Waals surface area contributed by atoms with Crippen LogP contribution in [-0.2, 0) is 13.5 Å². The molecule has 0 amide bonds. The van der Waals surface area contributed by atoms with Crippen LogP contribution in [0.15, 0.2) is 0 Å². The molecule has 0 aliphatic heterocycles. The summed E-state index contributed by atoms with van der Waals surface area (Å²) >= 11 is 0. The number of hydrogen-bond donors (Lipinski definition) is 0.